The van der Waals surface area contributed by atoms with Crippen LogP contribution < -0.4 is 10.2 Å². The Labute approximate surface area is 129 Å². The Morgan fingerprint density at radius 3 is 2.90 bits per heavy atom. The lowest BCUT2D eigenvalue weighted by Gasteiger charge is -2.15. The average molecular weight is 310 g/mol. The Morgan fingerprint density at radius 2 is 2.20 bits per heavy atom. The molecule has 3 nitrogen and oxygen atoms in total. The number of nitrogens with one attached hydrogen (secondary N) is 1. The lowest BCUT2D eigenvalue weighted by Crippen LogP contribution is -2.21. The number of anilines is 1. The molecule has 1 aromatic heterocycles. The Hall–Kier alpha value is -1.10. The van der Waals surface area contributed by atoms with E-state index in [0.29, 0.717) is 6.04 Å². The minimum Gasteiger partial charge on any atom is -0.347 e. The maximum Gasteiger partial charge on any atom is 0.185 e. The predicted octanol–water partition coefficient (Wildman–Crippen LogP) is 3.93. The molecule has 0 amide bonds. The number of halogens is 1. The van der Waals surface area contributed by atoms with E-state index in [9.17, 15) is 0 Å². The van der Waals surface area contributed by atoms with Crippen LogP contribution in [-0.4, -0.2) is 18.1 Å². The van der Waals surface area contributed by atoms with Gasteiger partial charge in [-0.15, -0.1) is 11.3 Å². The molecule has 1 heterocycles. The molecule has 0 aliphatic carbocycles. The van der Waals surface area contributed by atoms with Gasteiger partial charge < -0.3 is 10.2 Å². The van der Waals surface area contributed by atoms with E-state index in [2.05, 4.69) is 42.2 Å². The lowest BCUT2D eigenvalue weighted by atomic mass is 10.2. The quantitative estimate of drug-likeness (QED) is 0.876. The zero-order valence-electron chi connectivity index (χ0n) is 12.1. The van der Waals surface area contributed by atoms with Crippen molar-refractivity contribution in [2.24, 2.45) is 0 Å². The van der Waals surface area contributed by atoms with Gasteiger partial charge in [-0.25, -0.2) is 4.98 Å². The average Bonchev–Trinajstić information content (AvgIpc) is 2.85. The van der Waals surface area contributed by atoms with Crippen LogP contribution >= 0.6 is 22.9 Å². The Bertz CT molecular complexity index is 554. The van der Waals surface area contributed by atoms with Gasteiger partial charge in [0.1, 0.15) is 0 Å². The minimum absolute atomic E-state index is 0.491. The van der Waals surface area contributed by atoms with E-state index in [4.69, 9.17) is 11.6 Å². The van der Waals surface area contributed by atoms with E-state index in [1.54, 1.807) is 11.3 Å². The summed E-state index contributed by atoms with van der Waals surface area (Å²) in [4.78, 5) is 7.89. The third-order valence-electron chi connectivity index (χ3n) is 2.86. The fourth-order valence-corrected chi connectivity index (χ4v) is 2.87. The van der Waals surface area contributed by atoms with E-state index in [1.807, 2.05) is 24.4 Å². The number of hydrogen-bond donors (Lipinski definition) is 1. The van der Waals surface area contributed by atoms with Crippen molar-refractivity contribution in [2.45, 2.75) is 33.0 Å². The molecule has 0 fully saturated rings. The van der Waals surface area contributed by atoms with Crippen molar-refractivity contribution in [3.8, 4) is 0 Å². The summed E-state index contributed by atoms with van der Waals surface area (Å²) in [6.45, 7) is 5.98. The molecule has 0 bridgehead atoms. The first-order valence-corrected chi connectivity index (χ1v) is 7.87. The summed E-state index contributed by atoms with van der Waals surface area (Å²) in [6.07, 6.45) is 1.95. The van der Waals surface area contributed by atoms with Crippen molar-refractivity contribution in [1.82, 2.24) is 10.3 Å². The summed E-state index contributed by atoms with van der Waals surface area (Å²) in [7, 11) is 2.05. The Morgan fingerprint density at radius 1 is 1.40 bits per heavy atom. The zero-order valence-corrected chi connectivity index (χ0v) is 13.6. The number of rotatable bonds is 6. The van der Waals surface area contributed by atoms with E-state index in [0.717, 1.165) is 23.2 Å². The highest BCUT2D eigenvalue weighted by molar-refractivity contribution is 7.15. The van der Waals surface area contributed by atoms with Gasteiger partial charge in [-0.3, -0.25) is 0 Å². The highest BCUT2D eigenvalue weighted by Gasteiger charge is 2.08. The summed E-state index contributed by atoms with van der Waals surface area (Å²) < 4.78 is 0. The molecule has 0 aliphatic rings. The fraction of sp³-hybridized carbons (Fsp3) is 0.400. The van der Waals surface area contributed by atoms with Crippen molar-refractivity contribution in [3.63, 3.8) is 0 Å². The topological polar surface area (TPSA) is 28.2 Å². The summed E-state index contributed by atoms with van der Waals surface area (Å²) in [5.41, 5.74) is 1.19. The van der Waals surface area contributed by atoms with Gasteiger partial charge in [0, 0.05) is 42.3 Å². The number of nitrogens with zero attached hydrogens (tertiary/aromatic N) is 2. The van der Waals surface area contributed by atoms with Crippen LogP contribution in [0.4, 0.5) is 5.13 Å². The van der Waals surface area contributed by atoms with E-state index in [-0.39, 0.29) is 0 Å². The van der Waals surface area contributed by atoms with Gasteiger partial charge in [0.05, 0.1) is 0 Å². The second-order valence-corrected chi connectivity index (χ2v) is 6.66. The van der Waals surface area contributed by atoms with Gasteiger partial charge >= 0.3 is 0 Å². The molecule has 0 radical (unpaired) electrons. The molecule has 2 aromatic rings. The normalized spacial score (nSPS) is 11.1. The van der Waals surface area contributed by atoms with Gasteiger partial charge in [-0.2, -0.15) is 0 Å². The fourth-order valence-electron chi connectivity index (χ4n) is 1.84. The third-order valence-corrected chi connectivity index (χ3v) is 4.21. The van der Waals surface area contributed by atoms with Crippen molar-refractivity contribution in [2.75, 3.05) is 11.9 Å². The van der Waals surface area contributed by atoms with Crippen molar-refractivity contribution in [3.05, 3.63) is 45.9 Å². The van der Waals surface area contributed by atoms with Crippen LogP contribution in [0.25, 0.3) is 0 Å². The van der Waals surface area contributed by atoms with Crippen LogP contribution in [0, 0.1) is 0 Å². The smallest absolute Gasteiger partial charge is 0.185 e. The standard InChI is InChI=1S/C15H20ClN3S/c1-11(2)17-8-14-9-18-15(20-14)19(3)10-12-5-4-6-13(16)7-12/h4-7,9,11,17H,8,10H2,1-3H3. The Kier molecular flexibility index (Phi) is 5.40. The molecule has 20 heavy (non-hydrogen) atoms. The number of benzene rings is 1. The predicted molar refractivity (Wildman–Crippen MR) is 87.6 cm³/mol. The van der Waals surface area contributed by atoms with E-state index >= 15 is 0 Å². The first kappa shape index (κ1) is 15.3. The minimum atomic E-state index is 0.491. The number of aromatic nitrogens is 1. The molecule has 0 spiro atoms. The summed E-state index contributed by atoms with van der Waals surface area (Å²) in [6, 6.07) is 8.43. The molecule has 2 rings (SSSR count). The second-order valence-electron chi connectivity index (χ2n) is 5.13. The maximum atomic E-state index is 6.01. The first-order valence-electron chi connectivity index (χ1n) is 6.68. The number of thiazole rings is 1. The van der Waals surface area contributed by atoms with E-state index < -0.39 is 0 Å². The monoisotopic (exact) mass is 309 g/mol. The second kappa shape index (κ2) is 7.07. The van der Waals surface area contributed by atoms with E-state index in [1.165, 1.54) is 10.4 Å². The number of hydrogen-bond acceptors (Lipinski definition) is 4. The summed E-state index contributed by atoms with van der Waals surface area (Å²) in [5, 5.41) is 5.21. The summed E-state index contributed by atoms with van der Waals surface area (Å²) in [5.74, 6) is 0. The van der Waals surface area contributed by atoms with Gasteiger partial charge in [-0.1, -0.05) is 37.6 Å². The van der Waals surface area contributed by atoms with Gasteiger partial charge in [0.2, 0.25) is 0 Å². The van der Waals surface area contributed by atoms with Crippen LogP contribution in [0.15, 0.2) is 30.5 Å². The Balaban J connectivity index is 1.97. The molecule has 0 aliphatic heterocycles. The molecular weight excluding hydrogens is 290 g/mol. The van der Waals surface area contributed by atoms with Gasteiger partial charge in [-0.05, 0) is 17.7 Å². The molecule has 0 unspecified atom stereocenters. The highest BCUT2D eigenvalue weighted by Crippen LogP contribution is 2.23. The van der Waals surface area contributed by atoms with Crippen LogP contribution in [0.2, 0.25) is 5.02 Å². The first-order chi connectivity index (χ1) is 9.54. The molecule has 1 aromatic carbocycles. The third kappa shape index (κ3) is 4.47. The zero-order chi connectivity index (χ0) is 14.5. The van der Waals surface area contributed by atoms with Crippen molar-refractivity contribution < 1.29 is 0 Å². The van der Waals surface area contributed by atoms with Gasteiger partial charge in [0.25, 0.3) is 0 Å². The highest BCUT2D eigenvalue weighted by atomic mass is 35.5. The molecular formula is C15H20ClN3S. The van der Waals surface area contributed by atoms with Crippen LogP contribution in [0.5, 0.6) is 0 Å². The molecule has 0 saturated heterocycles. The van der Waals surface area contributed by atoms with Crippen molar-refractivity contribution in [1.29, 1.82) is 0 Å². The van der Waals surface area contributed by atoms with Crippen LogP contribution in [-0.2, 0) is 13.1 Å². The SMILES string of the molecule is CC(C)NCc1cnc(N(C)Cc2cccc(Cl)c2)s1. The lowest BCUT2D eigenvalue weighted by molar-refractivity contribution is 0.593. The summed E-state index contributed by atoms with van der Waals surface area (Å²) >= 11 is 7.74. The molecule has 1 N–H and O–H groups in total. The van der Waals surface area contributed by atoms with Crippen LogP contribution in [0.1, 0.15) is 24.3 Å². The molecule has 0 saturated carbocycles. The largest absolute Gasteiger partial charge is 0.347 e. The molecule has 108 valence electrons. The molecule has 0 atom stereocenters. The van der Waals surface area contributed by atoms with Crippen LogP contribution in [0.3, 0.4) is 0 Å². The maximum absolute atomic E-state index is 6.01. The van der Waals surface area contributed by atoms with Gasteiger partial charge in [0.15, 0.2) is 5.13 Å². The van der Waals surface area contributed by atoms with Crippen molar-refractivity contribution >= 4 is 28.1 Å². The molecule has 5 heteroatoms.